The van der Waals surface area contributed by atoms with Crippen LogP contribution in [0.25, 0.3) is 0 Å². The largest absolute Gasteiger partial charge is 0.392 e. The molecule has 0 saturated carbocycles. The van der Waals surface area contributed by atoms with Crippen LogP contribution in [-0.2, 0) is 6.42 Å². The third kappa shape index (κ3) is 5.97. The number of β-amino-alcohol motifs (C(OH)–C–C–N with tert-alkyl or cyclic N) is 1. The maximum atomic E-state index is 13.3. The molecule has 1 N–H and O–H groups in total. The Morgan fingerprint density at radius 3 is 2.41 bits per heavy atom. The van der Waals surface area contributed by atoms with Crippen molar-refractivity contribution < 1.29 is 9.50 Å². The highest BCUT2D eigenvalue weighted by Crippen LogP contribution is 2.25. The number of rotatable bonds is 8. The monoisotopic (exact) mass is 400 g/mol. The Morgan fingerprint density at radius 2 is 1.76 bits per heavy atom. The summed E-state index contributed by atoms with van der Waals surface area (Å²) in [5.74, 6) is 1.55. The first-order chi connectivity index (χ1) is 14.0. The van der Waals surface area contributed by atoms with E-state index in [4.69, 9.17) is 4.98 Å². The number of anilines is 1. The number of aryl methyl sites for hydroxylation is 2. The summed E-state index contributed by atoms with van der Waals surface area (Å²) in [6.45, 7) is 10.5. The molecule has 29 heavy (non-hydrogen) atoms. The smallest absolute Gasteiger partial charge is 0.136 e. The quantitative estimate of drug-likeness (QED) is 0.735. The maximum absolute atomic E-state index is 13.3. The van der Waals surface area contributed by atoms with E-state index in [9.17, 15) is 9.50 Å². The van der Waals surface area contributed by atoms with Crippen molar-refractivity contribution in [3.8, 4) is 0 Å². The van der Waals surface area contributed by atoms with Crippen LogP contribution < -0.4 is 4.90 Å². The minimum atomic E-state index is -0.237. The minimum absolute atomic E-state index is 0.219. The zero-order valence-corrected chi connectivity index (χ0v) is 17.9. The molecule has 6 heteroatoms. The lowest BCUT2D eigenvalue weighted by molar-refractivity contribution is 0.100. The average molecular weight is 401 g/mol. The molecule has 1 aliphatic rings. The van der Waals surface area contributed by atoms with Gasteiger partial charge in [-0.05, 0) is 38.0 Å². The van der Waals surface area contributed by atoms with Gasteiger partial charge in [-0.2, -0.15) is 0 Å². The number of nitrogens with zero attached hydrogens (tertiary/aromatic N) is 4. The Balaban J connectivity index is 1.69. The number of hydrogen-bond donors (Lipinski definition) is 1. The van der Waals surface area contributed by atoms with Crippen LogP contribution >= 0.6 is 0 Å². The molecule has 1 aromatic carbocycles. The molecule has 1 unspecified atom stereocenters. The fraction of sp³-hybridized carbons (Fsp3) is 0.565. The Bertz CT molecular complexity index is 788. The van der Waals surface area contributed by atoms with Gasteiger partial charge < -0.3 is 10.0 Å². The third-order valence-electron chi connectivity index (χ3n) is 5.63. The van der Waals surface area contributed by atoms with Gasteiger partial charge in [-0.15, -0.1) is 0 Å². The molecular weight excluding hydrogens is 367 g/mol. The first kappa shape index (κ1) is 21.7. The van der Waals surface area contributed by atoms with E-state index in [0.717, 1.165) is 80.4 Å². The number of unbranched alkanes of at least 4 members (excludes halogenated alkanes) is 1. The summed E-state index contributed by atoms with van der Waals surface area (Å²) in [5, 5.41) is 10.2. The lowest BCUT2D eigenvalue weighted by atomic mass is 10.0. The van der Waals surface area contributed by atoms with Crippen LogP contribution in [0.4, 0.5) is 10.2 Å². The highest BCUT2D eigenvalue weighted by Gasteiger charge is 2.23. The zero-order valence-electron chi connectivity index (χ0n) is 17.9. The van der Waals surface area contributed by atoms with E-state index in [2.05, 4.69) is 21.7 Å². The number of aliphatic hydroxyl groups is 1. The van der Waals surface area contributed by atoms with Crippen LogP contribution in [0.15, 0.2) is 24.3 Å². The molecule has 1 aromatic heterocycles. The van der Waals surface area contributed by atoms with Gasteiger partial charge in [0.25, 0.3) is 0 Å². The third-order valence-corrected chi connectivity index (χ3v) is 5.63. The van der Waals surface area contributed by atoms with E-state index in [-0.39, 0.29) is 11.9 Å². The van der Waals surface area contributed by atoms with Crippen LogP contribution in [0.3, 0.4) is 0 Å². The second kappa shape index (κ2) is 10.1. The van der Waals surface area contributed by atoms with Gasteiger partial charge in [-0.3, -0.25) is 4.90 Å². The van der Waals surface area contributed by atoms with Gasteiger partial charge in [0.05, 0.1) is 6.10 Å². The predicted octanol–water partition coefficient (Wildman–Crippen LogP) is 3.50. The number of hydrogen-bond acceptors (Lipinski definition) is 5. The van der Waals surface area contributed by atoms with Crippen molar-refractivity contribution in [3.05, 3.63) is 52.7 Å². The summed E-state index contributed by atoms with van der Waals surface area (Å²) in [6.07, 6.45) is 3.53. The van der Waals surface area contributed by atoms with Gasteiger partial charge in [0, 0.05) is 50.4 Å². The van der Waals surface area contributed by atoms with E-state index in [1.165, 1.54) is 12.1 Å². The van der Waals surface area contributed by atoms with Crippen molar-refractivity contribution in [1.29, 1.82) is 0 Å². The number of aliphatic hydroxyl groups excluding tert-OH is 1. The van der Waals surface area contributed by atoms with Crippen LogP contribution in [0.2, 0.25) is 0 Å². The van der Waals surface area contributed by atoms with Gasteiger partial charge in [-0.1, -0.05) is 31.9 Å². The van der Waals surface area contributed by atoms with E-state index in [0.29, 0.717) is 6.42 Å². The Hall–Kier alpha value is -2.05. The molecule has 2 aromatic rings. The van der Waals surface area contributed by atoms with Crippen molar-refractivity contribution in [2.75, 3.05) is 37.6 Å². The molecule has 0 amide bonds. The highest BCUT2D eigenvalue weighted by molar-refractivity contribution is 5.51. The van der Waals surface area contributed by atoms with Crippen molar-refractivity contribution in [3.63, 3.8) is 0 Å². The van der Waals surface area contributed by atoms with Crippen LogP contribution in [0.1, 0.15) is 48.8 Å². The number of halogens is 1. The van der Waals surface area contributed by atoms with Gasteiger partial charge in [0.15, 0.2) is 0 Å². The van der Waals surface area contributed by atoms with E-state index in [1.807, 2.05) is 26.0 Å². The lowest BCUT2D eigenvalue weighted by Crippen LogP contribution is -2.49. The Morgan fingerprint density at radius 1 is 1.07 bits per heavy atom. The standard InChI is InChI=1S/C23H33FN4O/c1-4-5-6-21(29)16-27-11-13-28(14-12-27)23-22(17(2)25-18(3)26-23)15-19-7-9-20(24)10-8-19/h7-10,21,29H,4-6,11-16H2,1-3H3. The van der Waals surface area contributed by atoms with Gasteiger partial charge in [0.1, 0.15) is 17.5 Å². The molecule has 3 rings (SSSR count). The average Bonchev–Trinajstić information content (AvgIpc) is 2.70. The zero-order chi connectivity index (χ0) is 20.8. The fourth-order valence-electron chi connectivity index (χ4n) is 3.96. The summed E-state index contributed by atoms with van der Waals surface area (Å²) in [4.78, 5) is 14.0. The molecule has 1 atom stereocenters. The molecule has 5 nitrogen and oxygen atoms in total. The van der Waals surface area contributed by atoms with E-state index in [1.54, 1.807) is 0 Å². The Kier molecular flexibility index (Phi) is 7.56. The molecule has 1 fully saturated rings. The normalized spacial score (nSPS) is 16.2. The van der Waals surface area contributed by atoms with E-state index < -0.39 is 0 Å². The minimum Gasteiger partial charge on any atom is -0.392 e. The van der Waals surface area contributed by atoms with E-state index >= 15 is 0 Å². The molecule has 0 bridgehead atoms. The molecule has 1 aliphatic heterocycles. The first-order valence-electron chi connectivity index (χ1n) is 10.7. The predicted molar refractivity (Wildman–Crippen MR) is 115 cm³/mol. The molecular formula is C23H33FN4O. The maximum Gasteiger partial charge on any atom is 0.136 e. The summed E-state index contributed by atoms with van der Waals surface area (Å²) in [6, 6.07) is 6.66. The Labute approximate surface area is 173 Å². The van der Waals surface area contributed by atoms with Crippen molar-refractivity contribution in [2.24, 2.45) is 0 Å². The van der Waals surface area contributed by atoms with Crippen LogP contribution in [0.5, 0.6) is 0 Å². The second-order valence-electron chi connectivity index (χ2n) is 8.05. The number of benzene rings is 1. The lowest BCUT2D eigenvalue weighted by Gasteiger charge is -2.37. The summed E-state index contributed by atoms with van der Waals surface area (Å²) < 4.78 is 13.3. The van der Waals surface area contributed by atoms with Gasteiger partial charge in [0.2, 0.25) is 0 Å². The summed E-state index contributed by atoms with van der Waals surface area (Å²) in [7, 11) is 0. The number of aromatic nitrogens is 2. The fourth-order valence-corrected chi connectivity index (χ4v) is 3.96. The number of piperazine rings is 1. The van der Waals surface area contributed by atoms with Crippen LogP contribution in [0, 0.1) is 19.7 Å². The SMILES string of the molecule is CCCCC(O)CN1CCN(c2nc(C)nc(C)c2Cc2ccc(F)cc2)CC1. The molecule has 0 aliphatic carbocycles. The molecule has 0 radical (unpaired) electrons. The van der Waals surface area contributed by atoms with Crippen LogP contribution in [-0.4, -0.2) is 58.8 Å². The van der Waals surface area contributed by atoms with Crippen molar-refractivity contribution in [1.82, 2.24) is 14.9 Å². The van der Waals surface area contributed by atoms with Gasteiger partial charge in [-0.25, -0.2) is 14.4 Å². The highest BCUT2D eigenvalue weighted by atomic mass is 19.1. The second-order valence-corrected chi connectivity index (χ2v) is 8.05. The summed E-state index contributed by atoms with van der Waals surface area (Å²) >= 11 is 0. The van der Waals surface area contributed by atoms with Crippen molar-refractivity contribution >= 4 is 5.82 Å². The molecule has 1 saturated heterocycles. The topological polar surface area (TPSA) is 52.5 Å². The first-order valence-corrected chi connectivity index (χ1v) is 10.7. The van der Waals surface area contributed by atoms with Crippen molar-refractivity contribution in [2.45, 2.75) is 52.6 Å². The molecule has 2 heterocycles. The van der Waals surface area contributed by atoms with Gasteiger partial charge >= 0.3 is 0 Å². The molecule has 0 spiro atoms. The molecule has 158 valence electrons. The summed E-state index contributed by atoms with van der Waals surface area (Å²) in [5.41, 5.74) is 3.15.